The standard InChI is InChI=1S/C19H20F3NO3S/c1-23(2)9-10-27-12-13-3-6-15(7-4-13)26-17-8-5-14(18(24)25)11-16(17)19(20,21)22/h3-8,11H,9-10,12H2,1-2H3,(H,24,25). The van der Waals surface area contributed by atoms with Crippen molar-refractivity contribution in [1.82, 2.24) is 4.90 Å². The SMILES string of the molecule is CN(C)CCSCc1ccc(Oc2ccc(C(=O)O)cc2C(F)(F)F)cc1. The van der Waals surface area contributed by atoms with Gasteiger partial charge in [-0.1, -0.05) is 12.1 Å². The van der Waals surface area contributed by atoms with Gasteiger partial charge in [0.15, 0.2) is 0 Å². The van der Waals surface area contributed by atoms with Crippen LogP contribution in [-0.4, -0.2) is 42.4 Å². The van der Waals surface area contributed by atoms with Gasteiger partial charge in [-0.2, -0.15) is 24.9 Å². The van der Waals surface area contributed by atoms with Crippen molar-refractivity contribution in [3.8, 4) is 11.5 Å². The van der Waals surface area contributed by atoms with Gasteiger partial charge in [0, 0.05) is 18.1 Å². The van der Waals surface area contributed by atoms with Crippen molar-refractivity contribution >= 4 is 17.7 Å². The summed E-state index contributed by atoms with van der Waals surface area (Å²) in [7, 11) is 4.01. The molecule has 0 atom stereocenters. The minimum absolute atomic E-state index is 0.255. The van der Waals surface area contributed by atoms with E-state index in [1.165, 1.54) is 0 Å². The second-order valence-electron chi connectivity index (χ2n) is 6.12. The van der Waals surface area contributed by atoms with Crippen molar-refractivity contribution < 1.29 is 27.8 Å². The van der Waals surface area contributed by atoms with Gasteiger partial charge in [0.2, 0.25) is 0 Å². The molecule has 8 heteroatoms. The largest absolute Gasteiger partial charge is 0.478 e. The number of rotatable bonds is 8. The van der Waals surface area contributed by atoms with Gasteiger partial charge in [0.25, 0.3) is 0 Å². The molecular formula is C19H20F3NO3S. The van der Waals surface area contributed by atoms with Gasteiger partial charge in [0.1, 0.15) is 11.5 Å². The van der Waals surface area contributed by atoms with Crippen LogP contribution in [0.2, 0.25) is 0 Å². The lowest BCUT2D eigenvalue weighted by Gasteiger charge is -2.14. The Balaban J connectivity index is 2.09. The highest BCUT2D eigenvalue weighted by Gasteiger charge is 2.35. The fourth-order valence-corrected chi connectivity index (χ4v) is 3.26. The Morgan fingerprint density at radius 2 is 1.81 bits per heavy atom. The molecule has 0 unspecified atom stereocenters. The number of carboxylic acid groups (broad SMARTS) is 1. The number of thioether (sulfide) groups is 1. The van der Waals surface area contributed by atoms with Crippen molar-refractivity contribution in [3.63, 3.8) is 0 Å². The van der Waals surface area contributed by atoms with Gasteiger partial charge in [0.05, 0.1) is 11.1 Å². The Morgan fingerprint density at radius 1 is 1.15 bits per heavy atom. The third kappa shape index (κ3) is 6.48. The van der Waals surface area contributed by atoms with Crippen LogP contribution in [0.4, 0.5) is 13.2 Å². The van der Waals surface area contributed by atoms with E-state index in [1.807, 2.05) is 14.1 Å². The number of alkyl halides is 3. The van der Waals surface area contributed by atoms with E-state index in [-0.39, 0.29) is 5.75 Å². The molecule has 0 aromatic heterocycles. The van der Waals surface area contributed by atoms with Gasteiger partial charge < -0.3 is 14.7 Å². The Morgan fingerprint density at radius 3 is 2.37 bits per heavy atom. The summed E-state index contributed by atoms with van der Waals surface area (Å²) in [6.45, 7) is 0.971. The van der Waals surface area contributed by atoms with Gasteiger partial charge in [-0.25, -0.2) is 4.79 Å². The lowest BCUT2D eigenvalue weighted by atomic mass is 10.1. The zero-order valence-electron chi connectivity index (χ0n) is 14.9. The summed E-state index contributed by atoms with van der Waals surface area (Å²) in [5, 5.41) is 8.89. The number of hydrogen-bond acceptors (Lipinski definition) is 4. The number of carboxylic acids is 1. The highest BCUT2D eigenvalue weighted by Crippen LogP contribution is 2.38. The monoisotopic (exact) mass is 399 g/mol. The zero-order chi connectivity index (χ0) is 20.0. The average molecular weight is 399 g/mol. The molecule has 0 saturated heterocycles. The van der Waals surface area contributed by atoms with Crippen LogP contribution < -0.4 is 4.74 Å². The first-order valence-corrected chi connectivity index (χ1v) is 9.26. The molecule has 2 aromatic carbocycles. The predicted molar refractivity (Wildman–Crippen MR) is 99.6 cm³/mol. The van der Waals surface area contributed by atoms with Gasteiger partial charge in [-0.15, -0.1) is 0 Å². The molecule has 2 rings (SSSR count). The summed E-state index contributed by atoms with van der Waals surface area (Å²) >= 11 is 1.77. The molecule has 4 nitrogen and oxygen atoms in total. The normalized spacial score (nSPS) is 11.6. The van der Waals surface area contributed by atoms with Crippen molar-refractivity contribution in [2.24, 2.45) is 0 Å². The topological polar surface area (TPSA) is 49.8 Å². The van der Waals surface area contributed by atoms with Crippen LogP contribution in [0.25, 0.3) is 0 Å². The predicted octanol–water partition coefficient (Wildman–Crippen LogP) is 4.99. The van der Waals surface area contributed by atoms with E-state index in [0.29, 0.717) is 6.07 Å². The van der Waals surface area contributed by atoms with E-state index in [1.54, 1.807) is 36.0 Å². The van der Waals surface area contributed by atoms with Crippen LogP contribution in [0.5, 0.6) is 11.5 Å². The number of nitrogens with zero attached hydrogens (tertiary/aromatic N) is 1. The third-order valence-electron chi connectivity index (χ3n) is 3.63. The van der Waals surface area contributed by atoms with Gasteiger partial charge in [-0.05, 0) is 50.0 Å². The van der Waals surface area contributed by atoms with Crippen LogP contribution in [-0.2, 0) is 11.9 Å². The maximum Gasteiger partial charge on any atom is 0.420 e. The zero-order valence-corrected chi connectivity index (χ0v) is 15.7. The Kier molecular flexibility index (Phi) is 7.15. The maximum absolute atomic E-state index is 13.2. The van der Waals surface area contributed by atoms with Crippen LogP contribution in [0.3, 0.4) is 0 Å². The van der Waals surface area contributed by atoms with Crippen LogP contribution in [0.1, 0.15) is 21.5 Å². The smallest absolute Gasteiger partial charge is 0.420 e. The number of aromatic carboxylic acids is 1. The molecule has 0 heterocycles. The molecule has 27 heavy (non-hydrogen) atoms. The Labute approximate surface area is 159 Å². The van der Waals surface area contributed by atoms with Crippen molar-refractivity contribution in [1.29, 1.82) is 0 Å². The molecule has 0 saturated carbocycles. The lowest BCUT2D eigenvalue weighted by molar-refractivity contribution is -0.138. The summed E-state index contributed by atoms with van der Waals surface area (Å²) in [6, 6.07) is 9.50. The van der Waals surface area contributed by atoms with Gasteiger partial charge in [-0.3, -0.25) is 0 Å². The first-order chi connectivity index (χ1) is 12.7. The van der Waals surface area contributed by atoms with E-state index < -0.39 is 29.0 Å². The average Bonchev–Trinajstić information content (AvgIpc) is 2.59. The highest BCUT2D eigenvalue weighted by molar-refractivity contribution is 7.98. The highest BCUT2D eigenvalue weighted by atomic mass is 32.2. The molecule has 0 amide bonds. The molecule has 0 fully saturated rings. The minimum atomic E-state index is -4.72. The first-order valence-electron chi connectivity index (χ1n) is 8.10. The van der Waals surface area contributed by atoms with E-state index >= 15 is 0 Å². The molecular weight excluding hydrogens is 379 g/mol. The summed E-state index contributed by atoms with van der Waals surface area (Å²) in [5.41, 5.74) is -0.520. The summed E-state index contributed by atoms with van der Waals surface area (Å²) in [4.78, 5) is 13.0. The molecule has 146 valence electrons. The second kappa shape index (κ2) is 9.14. The minimum Gasteiger partial charge on any atom is -0.478 e. The molecule has 2 aromatic rings. The van der Waals surface area contributed by atoms with E-state index in [4.69, 9.17) is 9.84 Å². The molecule has 0 radical (unpaired) electrons. The van der Waals surface area contributed by atoms with E-state index in [0.717, 1.165) is 35.7 Å². The van der Waals surface area contributed by atoms with E-state index in [9.17, 15) is 18.0 Å². The number of ether oxygens (including phenoxy) is 1. The second-order valence-corrected chi connectivity index (χ2v) is 7.22. The number of carbonyl (C=O) groups is 1. The van der Waals surface area contributed by atoms with Crippen LogP contribution in [0.15, 0.2) is 42.5 Å². The summed E-state index contributed by atoms with van der Waals surface area (Å²) in [5.74, 6) is 0.181. The molecule has 1 N–H and O–H groups in total. The summed E-state index contributed by atoms with van der Waals surface area (Å²) in [6.07, 6.45) is -4.72. The number of halogens is 3. The number of benzene rings is 2. The molecule has 0 aliphatic rings. The van der Waals surface area contributed by atoms with Crippen molar-refractivity contribution in [3.05, 3.63) is 59.2 Å². The van der Waals surface area contributed by atoms with Crippen LogP contribution in [0, 0.1) is 0 Å². The third-order valence-corrected chi connectivity index (χ3v) is 4.64. The fraction of sp³-hybridized carbons (Fsp3) is 0.316. The maximum atomic E-state index is 13.2. The van der Waals surface area contributed by atoms with Crippen LogP contribution >= 0.6 is 11.8 Å². The Hall–Kier alpha value is -2.19. The molecule has 0 aliphatic heterocycles. The molecule has 0 bridgehead atoms. The molecule has 0 aliphatic carbocycles. The quantitative estimate of drug-likeness (QED) is 0.634. The Bertz CT molecular complexity index is 777. The molecule has 0 spiro atoms. The van der Waals surface area contributed by atoms with E-state index in [2.05, 4.69) is 4.90 Å². The lowest BCUT2D eigenvalue weighted by Crippen LogP contribution is -2.14. The van der Waals surface area contributed by atoms with Crippen molar-refractivity contribution in [2.45, 2.75) is 11.9 Å². The number of hydrogen-bond donors (Lipinski definition) is 1. The van der Waals surface area contributed by atoms with Crippen molar-refractivity contribution in [2.75, 3.05) is 26.4 Å². The van der Waals surface area contributed by atoms with Gasteiger partial charge >= 0.3 is 12.1 Å². The summed E-state index contributed by atoms with van der Waals surface area (Å²) < 4.78 is 45.0. The first kappa shape index (κ1) is 21.1. The fourth-order valence-electron chi connectivity index (χ4n) is 2.19.